The Labute approximate surface area is 155 Å². The van der Waals surface area contributed by atoms with E-state index in [-0.39, 0.29) is 30.1 Å². The molecule has 3 amide bonds. The summed E-state index contributed by atoms with van der Waals surface area (Å²) in [4.78, 5) is 35.4. The van der Waals surface area contributed by atoms with Crippen molar-refractivity contribution in [2.45, 2.75) is 43.4 Å². The molecule has 0 aromatic carbocycles. The van der Waals surface area contributed by atoms with E-state index in [1.165, 1.54) is 16.3 Å². The van der Waals surface area contributed by atoms with E-state index >= 15 is 0 Å². The van der Waals surface area contributed by atoms with Crippen LogP contribution >= 0.6 is 12.9 Å². The Hall–Kier alpha value is -1.89. The number of aromatic nitrogens is 3. The highest BCUT2D eigenvalue weighted by Crippen LogP contribution is 2.30. The first-order chi connectivity index (χ1) is 12.7. The van der Waals surface area contributed by atoms with Crippen LogP contribution in [0, 0.1) is 0 Å². The van der Waals surface area contributed by atoms with E-state index in [1.807, 2.05) is 4.68 Å². The SMILES string of the molecule is O=C(NOC[C@H]1C[C@H](n2cncn2)CN1)C1CCC2CN1C(=O)N2OS. The summed E-state index contributed by atoms with van der Waals surface area (Å²) in [5.41, 5.74) is 2.48. The molecule has 3 fully saturated rings. The van der Waals surface area contributed by atoms with Gasteiger partial charge in [-0.05, 0) is 19.3 Å². The monoisotopic (exact) mass is 383 g/mol. The molecule has 4 atom stereocenters. The number of amides is 3. The molecule has 2 unspecified atom stereocenters. The molecular formula is C14H21N7O4S. The average Bonchev–Trinajstić information content (AvgIpc) is 3.37. The van der Waals surface area contributed by atoms with Crippen molar-refractivity contribution < 1.29 is 18.7 Å². The largest absolute Gasteiger partial charge is 0.345 e. The maximum Gasteiger partial charge on any atom is 0.345 e. The lowest BCUT2D eigenvalue weighted by atomic mass is 10.0. The van der Waals surface area contributed by atoms with Gasteiger partial charge in [0.15, 0.2) is 0 Å². The normalized spacial score (nSPS) is 30.9. The molecule has 2 N–H and O–H groups in total. The van der Waals surface area contributed by atoms with Crippen LogP contribution < -0.4 is 10.8 Å². The molecule has 0 radical (unpaired) electrons. The average molecular weight is 383 g/mol. The van der Waals surface area contributed by atoms with Gasteiger partial charge in [0.05, 0.1) is 18.7 Å². The quantitative estimate of drug-likeness (QED) is 0.337. The van der Waals surface area contributed by atoms with Gasteiger partial charge in [0.25, 0.3) is 5.91 Å². The van der Waals surface area contributed by atoms with Crippen molar-refractivity contribution in [1.82, 2.24) is 35.5 Å². The first kappa shape index (κ1) is 17.5. The zero-order valence-corrected chi connectivity index (χ0v) is 14.9. The van der Waals surface area contributed by atoms with Crippen molar-refractivity contribution in [2.75, 3.05) is 19.7 Å². The van der Waals surface area contributed by atoms with E-state index in [9.17, 15) is 9.59 Å². The van der Waals surface area contributed by atoms with Gasteiger partial charge in [-0.3, -0.25) is 9.63 Å². The van der Waals surface area contributed by atoms with Crippen molar-refractivity contribution >= 4 is 24.8 Å². The molecule has 1 aromatic heterocycles. The van der Waals surface area contributed by atoms with Crippen LogP contribution in [0.5, 0.6) is 0 Å². The molecular weight excluding hydrogens is 362 g/mol. The second kappa shape index (κ2) is 7.39. The Balaban J connectivity index is 1.23. The fourth-order valence-electron chi connectivity index (χ4n) is 3.83. The third-order valence-electron chi connectivity index (χ3n) is 5.18. The third kappa shape index (κ3) is 3.24. The Morgan fingerprint density at radius 2 is 2.31 bits per heavy atom. The van der Waals surface area contributed by atoms with Gasteiger partial charge in [-0.25, -0.2) is 24.2 Å². The van der Waals surface area contributed by atoms with E-state index < -0.39 is 6.04 Å². The van der Waals surface area contributed by atoms with Gasteiger partial charge in [-0.15, -0.1) is 0 Å². The maximum absolute atomic E-state index is 12.4. The molecule has 4 rings (SSSR count). The van der Waals surface area contributed by atoms with Crippen LogP contribution in [-0.2, 0) is 13.9 Å². The summed E-state index contributed by atoms with van der Waals surface area (Å²) in [6.45, 7) is 1.57. The fraction of sp³-hybridized carbons (Fsp3) is 0.714. The van der Waals surface area contributed by atoms with Gasteiger partial charge in [-0.2, -0.15) is 10.2 Å². The molecule has 3 saturated heterocycles. The second-order valence-electron chi connectivity index (χ2n) is 6.74. The summed E-state index contributed by atoms with van der Waals surface area (Å²) in [6, 6.07) is -0.600. The Kier molecular flexibility index (Phi) is 4.98. The Bertz CT molecular complexity index is 660. The molecule has 0 aliphatic carbocycles. The summed E-state index contributed by atoms with van der Waals surface area (Å²) < 4.78 is 6.63. The molecule has 1 aromatic rings. The number of nitrogens with one attached hydrogen (secondary N) is 2. The highest BCUT2D eigenvalue weighted by molar-refractivity contribution is 7.75. The number of urea groups is 1. The van der Waals surface area contributed by atoms with Crippen molar-refractivity contribution in [1.29, 1.82) is 0 Å². The molecule has 26 heavy (non-hydrogen) atoms. The van der Waals surface area contributed by atoms with Gasteiger partial charge in [0.2, 0.25) is 0 Å². The molecule has 11 nitrogen and oxygen atoms in total. The fourth-order valence-corrected chi connectivity index (χ4v) is 4.03. The lowest BCUT2D eigenvalue weighted by Gasteiger charge is -2.29. The first-order valence-electron chi connectivity index (χ1n) is 8.58. The summed E-state index contributed by atoms with van der Waals surface area (Å²) >= 11 is 3.71. The number of fused-ring (bicyclic) bond motifs is 2. The zero-order valence-electron chi connectivity index (χ0n) is 14.0. The highest BCUT2D eigenvalue weighted by Gasteiger charge is 2.48. The first-order valence-corrected chi connectivity index (χ1v) is 8.94. The van der Waals surface area contributed by atoms with E-state index in [0.717, 1.165) is 13.0 Å². The second-order valence-corrected chi connectivity index (χ2v) is 6.90. The number of rotatable bonds is 6. The standard InChI is InChI=1S/C14H21N7O4S/c22-13(12-2-1-10-5-19(12)14(23)21(10)25-26)18-24-6-9-3-11(4-16-9)20-8-15-7-17-20/h7-12,16,26H,1-6H2,(H,18,22)/t9-,10?,11+,12?/m1/s1. The van der Waals surface area contributed by atoms with Gasteiger partial charge < -0.3 is 10.2 Å². The van der Waals surface area contributed by atoms with Crippen LogP contribution in [0.3, 0.4) is 0 Å². The molecule has 0 spiro atoms. The van der Waals surface area contributed by atoms with Crippen LogP contribution in [0.4, 0.5) is 4.79 Å². The Morgan fingerprint density at radius 1 is 1.42 bits per heavy atom. The summed E-state index contributed by atoms with van der Waals surface area (Å²) in [5, 5.41) is 8.69. The van der Waals surface area contributed by atoms with Crippen LogP contribution in [0.1, 0.15) is 25.3 Å². The molecule has 2 bridgehead atoms. The number of thiol groups is 1. The molecule has 0 saturated carbocycles. The lowest BCUT2D eigenvalue weighted by molar-refractivity contribution is -0.139. The minimum absolute atomic E-state index is 0.0543. The number of hydroxylamine groups is 3. The van der Waals surface area contributed by atoms with E-state index in [1.54, 1.807) is 6.33 Å². The van der Waals surface area contributed by atoms with Gasteiger partial charge in [0, 0.05) is 32.0 Å². The third-order valence-corrected chi connectivity index (χ3v) is 5.36. The molecule has 4 heterocycles. The predicted octanol–water partition coefficient (Wildman–Crippen LogP) is -0.726. The van der Waals surface area contributed by atoms with Gasteiger partial charge in [-0.1, -0.05) is 0 Å². The van der Waals surface area contributed by atoms with E-state index in [0.29, 0.717) is 26.0 Å². The van der Waals surface area contributed by atoms with E-state index in [2.05, 4.69) is 33.8 Å². The smallest absolute Gasteiger partial charge is 0.309 e. The molecule has 3 aliphatic heterocycles. The lowest BCUT2D eigenvalue weighted by Crippen LogP contribution is -2.50. The number of hydrogen-bond acceptors (Lipinski definition) is 8. The van der Waals surface area contributed by atoms with Crippen LogP contribution in [0.2, 0.25) is 0 Å². The summed E-state index contributed by atoms with van der Waals surface area (Å²) in [5.74, 6) is -0.316. The van der Waals surface area contributed by atoms with Crippen molar-refractivity contribution in [3.8, 4) is 0 Å². The van der Waals surface area contributed by atoms with Crippen molar-refractivity contribution in [3.05, 3.63) is 12.7 Å². The van der Waals surface area contributed by atoms with Gasteiger partial charge in [0.1, 0.15) is 18.7 Å². The maximum atomic E-state index is 12.4. The van der Waals surface area contributed by atoms with Gasteiger partial charge >= 0.3 is 6.03 Å². The highest BCUT2D eigenvalue weighted by atomic mass is 32.1. The molecule has 142 valence electrons. The minimum Gasteiger partial charge on any atom is -0.309 e. The molecule has 12 heteroatoms. The predicted molar refractivity (Wildman–Crippen MR) is 90.4 cm³/mol. The number of carbonyl (C=O) groups excluding carboxylic acids is 2. The Morgan fingerprint density at radius 3 is 3.08 bits per heavy atom. The summed E-state index contributed by atoms with van der Waals surface area (Å²) in [6.07, 6.45) is 5.29. The zero-order chi connectivity index (χ0) is 18.1. The number of hydrogen-bond donors (Lipinski definition) is 3. The summed E-state index contributed by atoms with van der Waals surface area (Å²) in [7, 11) is 0. The number of piperidine rings is 1. The van der Waals surface area contributed by atoms with Crippen LogP contribution in [0.25, 0.3) is 0 Å². The number of carbonyl (C=O) groups is 2. The van der Waals surface area contributed by atoms with E-state index in [4.69, 9.17) is 9.12 Å². The topological polar surface area (TPSA) is 114 Å². The van der Waals surface area contributed by atoms with Crippen molar-refractivity contribution in [2.24, 2.45) is 0 Å². The van der Waals surface area contributed by atoms with Crippen molar-refractivity contribution in [3.63, 3.8) is 0 Å². The number of nitrogens with zero attached hydrogens (tertiary/aromatic N) is 5. The minimum atomic E-state index is -0.549. The van der Waals surface area contributed by atoms with Crippen LogP contribution in [0.15, 0.2) is 12.7 Å². The molecule has 3 aliphatic rings. The van der Waals surface area contributed by atoms with Crippen LogP contribution in [-0.4, -0.2) is 74.5 Å².